The Hall–Kier alpha value is -1.22. The minimum absolute atomic E-state index is 0.0219. The Morgan fingerprint density at radius 2 is 2.46 bits per heavy atom. The second-order valence-electron chi connectivity index (χ2n) is 2.73. The molecule has 0 aliphatic carbocycles. The third kappa shape index (κ3) is 2.63. The summed E-state index contributed by atoms with van der Waals surface area (Å²) in [7, 11) is 0. The number of nitrogens with two attached hydrogens (primary N) is 1. The lowest BCUT2D eigenvalue weighted by molar-refractivity contribution is 0.869. The van der Waals surface area contributed by atoms with Crippen LogP contribution in [0.5, 0.6) is 0 Å². The van der Waals surface area contributed by atoms with Gasteiger partial charge in [-0.2, -0.15) is 0 Å². The average Bonchev–Trinajstić information content (AvgIpc) is 2.15. The number of aromatic nitrogens is 1. The number of hydrogen-bond donors (Lipinski definition) is 1. The van der Waals surface area contributed by atoms with E-state index >= 15 is 0 Å². The fourth-order valence-corrected chi connectivity index (χ4v) is 1.35. The average molecular weight is 192 g/mol. The van der Waals surface area contributed by atoms with Crippen molar-refractivity contribution in [2.24, 2.45) is 5.73 Å². The van der Waals surface area contributed by atoms with Gasteiger partial charge in [0.2, 0.25) is 0 Å². The normalized spacial score (nSPS) is 12.0. The molecule has 2 N–H and O–H groups in total. The number of thiocarbonyl (C=S) groups is 1. The third-order valence-electron chi connectivity index (χ3n) is 1.79. The van der Waals surface area contributed by atoms with Gasteiger partial charge in [-0.05, 0) is 18.6 Å². The summed E-state index contributed by atoms with van der Waals surface area (Å²) in [5, 5.41) is 0. The van der Waals surface area contributed by atoms with Crippen LogP contribution in [-0.2, 0) is 0 Å². The highest BCUT2D eigenvalue weighted by atomic mass is 32.1. The molecule has 0 bridgehead atoms. The van der Waals surface area contributed by atoms with E-state index in [1.54, 1.807) is 12.3 Å². The largest absolute Gasteiger partial charge is 0.393 e. The molecule has 0 aliphatic heterocycles. The van der Waals surface area contributed by atoms with E-state index in [2.05, 4.69) is 11.6 Å². The molecular formula is C10H12N2S. The molecule has 0 aromatic carbocycles. The molecule has 0 aliphatic rings. The number of pyridine rings is 1. The number of nitrogens with zero attached hydrogens (tertiary/aromatic N) is 1. The summed E-state index contributed by atoms with van der Waals surface area (Å²) in [6, 6.07) is 5.72. The molecule has 68 valence electrons. The molecule has 1 rings (SSSR count). The van der Waals surface area contributed by atoms with Crippen LogP contribution >= 0.6 is 12.2 Å². The second kappa shape index (κ2) is 4.72. The predicted molar refractivity (Wildman–Crippen MR) is 58.6 cm³/mol. The van der Waals surface area contributed by atoms with Crippen molar-refractivity contribution in [3.63, 3.8) is 0 Å². The highest BCUT2D eigenvalue weighted by molar-refractivity contribution is 7.80. The van der Waals surface area contributed by atoms with Gasteiger partial charge in [0.15, 0.2) is 0 Å². The van der Waals surface area contributed by atoms with Gasteiger partial charge < -0.3 is 5.73 Å². The summed E-state index contributed by atoms with van der Waals surface area (Å²) < 4.78 is 0. The SMILES string of the molecule is C=CCC(C(N)=S)c1ccccn1. The zero-order chi connectivity index (χ0) is 9.68. The Morgan fingerprint density at radius 3 is 2.92 bits per heavy atom. The molecule has 2 nitrogen and oxygen atoms in total. The first-order chi connectivity index (χ1) is 6.25. The third-order valence-corrected chi connectivity index (χ3v) is 2.08. The Balaban J connectivity index is 2.88. The maximum atomic E-state index is 5.60. The zero-order valence-corrected chi connectivity index (χ0v) is 8.13. The van der Waals surface area contributed by atoms with Crippen molar-refractivity contribution in [3.05, 3.63) is 42.7 Å². The van der Waals surface area contributed by atoms with Crippen LogP contribution in [0.25, 0.3) is 0 Å². The maximum absolute atomic E-state index is 5.60. The molecule has 0 spiro atoms. The lowest BCUT2D eigenvalue weighted by atomic mass is 10.0. The Kier molecular flexibility index (Phi) is 3.58. The van der Waals surface area contributed by atoms with Gasteiger partial charge in [0.05, 0.1) is 16.6 Å². The minimum Gasteiger partial charge on any atom is -0.393 e. The Morgan fingerprint density at radius 1 is 1.69 bits per heavy atom. The lowest BCUT2D eigenvalue weighted by Gasteiger charge is -2.11. The molecular weight excluding hydrogens is 180 g/mol. The first kappa shape index (κ1) is 9.86. The molecule has 0 saturated carbocycles. The molecule has 1 unspecified atom stereocenters. The lowest BCUT2D eigenvalue weighted by Crippen LogP contribution is -2.19. The van der Waals surface area contributed by atoms with E-state index in [1.807, 2.05) is 18.2 Å². The van der Waals surface area contributed by atoms with Crippen LogP contribution in [-0.4, -0.2) is 9.97 Å². The van der Waals surface area contributed by atoms with E-state index in [1.165, 1.54) is 0 Å². The monoisotopic (exact) mass is 192 g/mol. The Bertz CT molecular complexity index is 295. The van der Waals surface area contributed by atoms with E-state index in [-0.39, 0.29) is 5.92 Å². The van der Waals surface area contributed by atoms with Gasteiger partial charge in [-0.1, -0.05) is 24.4 Å². The van der Waals surface area contributed by atoms with Gasteiger partial charge in [-0.25, -0.2) is 0 Å². The van der Waals surface area contributed by atoms with E-state index in [9.17, 15) is 0 Å². The van der Waals surface area contributed by atoms with Crippen LogP contribution in [0.15, 0.2) is 37.1 Å². The van der Waals surface area contributed by atoms with Crippen molar-refractivity contribution >= 4 is 17.2 Å². The van der Waals surface area contributed by atoms with Crippen LogP contribution < -0.4 is 5.73 Å². The first-order valence-corrected chi connectivity index (χ1v) is 4.47. The fourth-order valence-electron chi connectivity index (χ4n) is 1.13. The van der Waals surface area contributed by atoms with Gasteiger partial charge in [0, 0.05) is 6.20 Å². The smallest absolute Gasteiger partial charge is 0.0822 e. The molecule has 0 amide bonds. The van der Waals surface area contributed by atoms with Crippen LogP contribution in [0.1, 0.15) is 18.0 Å². The quantitative estimate of drug-likeness (QED) is 0.586. The summed E-state index contributed by atoms with van der Waals surface area (Å²) in [5.41, 5.74) is 6.51. The molecule has 1 aromatic rings. The highest BCUT2D eigenvalue weighted by Crippen LogP contribution is 2.17. The summed E-state index contributed by atoms with van der Waals surface area (Å²) in [5.74, 6) is 0.0219. The van der Waals surface area contributed by atoms with Crippen LogP contribution in [0.2, 0.25) is 0 Å². The molecule has 3 heteroatoms. The first-order valence-electron chi connectivity index (χ1n) is 4.07. The molecule has 0 radical (unpaired) electrons. The molecule has 0 saturated heterocycles. The van der Waals surface area contributed by atoms with Crippen LogP contribution in [0.4, 0.5) is 0 Å². The summed E-state index contributed by atoms with van der Waals surface area (Å²) in [6.07, 6.45) is 4.29. The molecule has 1 atom stereocenters. The molecule has 1 aromatic heterocycles. The van der Waals surface area contributed by atoms with Crippen molar-refractivity contribution < 1.29 is 0 Å². The van der Waals surface area contributed by atoms with Gasteiger partial charge in [-0.15, -0.1) is 6.58 Å². The summed E-state index contributed by atoms with van der Waals surface area (Å²) in [6.45, 7) is 3.67. The summed E-state index contributed by atoms with van der Waals surface area (Å²) in [4.78, 5) is 4.67. The zero-order valence-electron chi connectivity index (χ0n) is 7.31. The van der Waals surface area contributed by atoms with E-state index in [0.717, 1.165) is 12.1 Å². The molecule has 1 heterocycles. The van der Waals surface area contributed by atoms with Crippen molar-refractivity contribution in [2.45, 2.75) is 12.3 Å². The number of hydrogen-bond acceptors (Lipinski definition) is 2. The summed E-state index contributed by atoms with van der Waals surface area (Å²) >= 11 is 4.95. The van der Waals surface area contributed by atoms with Crippen molar-refractivity contribution in [1.82, 2.24) is 4.98 Å². The van der Waals surface area contributed by atoms with Gasteiger partial charge in [-0.3, -0.25) is 4.98 Å². The Labute approximate surface area is 83.5 Å². The van der Waals surface area contributed by atoms with Gasteiger partial charge in [0.1, 0.15) is 0 Å². The van der Waals surface area contributed by atoms with E-state index < -0.39 is 0 Å². The van der Waals surface area contributed by atoms with Gasteiger partial charge in [0.25, 0.3) is 0 Å². The minimum atomic E-state index is 0.0219. The topological polar surface area (TPSA) is 38.9 Å². The van der Waals surface area contributed by atoms with E-state index in [4.69, 9.17) is 18.0 Å². The van der Waals surface area contributed by atoms with Crippen molar-refractivity contribution in [3.8, 4) is 0 Å². The molecule has 13 heavy (non-hydrogen) atoms. The van der Waals surface area contributed by atoms with Crippen molar-refractivity contribution in [2.75, 3.05) is 0 Å². The second-order valence-corrected chi connectivity index (χ2v) is 3.21. The number of rotatable bonds is 4. The maximum Gasteiger partial charge on any atom is 0.0822 e. The van der Waals surface area contributed by atoms with Gasteiger partial charge >= 0.3 is 0 Å². The van der Waals surface area contributed by atoms with Crippen LogP contribution in [0.3, 0.4) is 0 Å². The number of allylic oxidation sites excluding steroid dienone is 1. The highest BCUT2D eigenvalue weighted by Gasteiger charge is 2.13. The fraction of sp³-hybridized carbons (Fsp3) is 0.200. The predicted octanol–water partition coefficient (Wildman–Crippen LogP) is 2.03. The van der Waals surface area contributed by atoms with Crippen molar-refractivity contribution in [1.29, 1.82) is 0 Å². The standard InChI is InChI=1S/C10H12N2S/c1-2-5-8(10(11)13)9-6-3-4-7-12-9/h2-4,6-8H,1,5H2,(H2,11,13). The van der Waals surface area contributed by atoms with E-state index in [0.29, 0.717) is 4.99 Å². The molecule has 0 fully saturated rings. The van der Waals surface area contributed by atoms with Crippen LogP contribution in [0, 0.1) is 0 Å².